The number of rotatable bonds is 8. The predicted molar refractivity (Wildman–Crippen MR) is 61.6 cm³/mol. The van der Waals surface area contributed by atoms with E-state index in [4.69, 9.17) is 17.3 Å². The molecular formula is C10H19NO2S. The summed E-state index contributed by atoms with van der Waals surface area (Å²) in [6.07, 6.45) is 6.82. The summed E-state index contributed by atoms with van der Waals surface area (Å²) in [5.74, 6) is -0.863. The molecule has 4 heteroatoms. The topological polar surface area (TPSA) is 49.3 Å². The largest absolute Gasteiger partial charge is 0.480 e. The molecule has 0 aliphatic rings. The van der Waals surface area contributed by atoms with Gasteiger partial charge in [0.15, 0.2) is 0 Å². The van der Waals surface area contributed by atoms with E-state index in [9.17, 15) is 4.79 Å². The number of carboxylic acids is 1. The molecule has 2 N–H and O–H groups in total. The lowest BCUT2D eigenvalue weighted by Crippen LogP contribution is -2.27. The molecule has 0 bridgehead atoms. The van der Waals surface area contributed by atoms with Crippen molar-refractivity contribution >= 4 is 23.2 Å². The fourth-order valence-electron chi connectivity index (χ4n) is 1.15. The molecule has 0 aromatic carbocycles. The molecule has 0 saturated heterocycles. The second-order valence-electron chi connectivity index (χ2n) is 3.33. The van der Waals surface area contributed by atoms with Gasteiger partial charge in [0, 0.05) is 0 Å². The van der Waals surface area contributed by atoms with E-state index in [2.05, 4.69) is 12.2 Å². The van der Waals surface area contributed by atoms with Crippen molar-refractivity contribution in [1.29, 1.82) is 0 Å². The highest BCUT2D eigenvalue weighted by Crippen LogP contribution is 2.04. The summed E-state index contributed by atoms with van der Waals surface area (Å²) in [6.45, 7) is 2.12. The number of hydrogen-bond donors (Lipinski definition) is 2. The Kier molecular flexibility index (Phi) is 8.53. The number of carbonyl (C=O) groups is 1. The zero-order chi connectivity index (χ0) is 10.8. The molecule has 0 aromatic heterocycles. The maximum atomic E-state index is 10.2. The Morgan fingerprint density at radius 3 is 2.50 bits per heavy atom. The zero-order valence-electron chi connectivity index (χ0n) is 8.71. The second-order valence-corrected chi connectivity index (χ2v) is 3.83. The van der Waals surface area contributed by atoms with Gasteiger partial charge in [-0.1, -0.05) is 44.8 Å². The minimum Gasteiger partial charge on any atom is -0.480 e. The first-order chi connectivity index (χ1) is 6.66. The molecule has 0 fully saturated rings. The highest BCUT2D eigenvalue weighted by Gasteiger charge is 1.99. The number of nitrogens with one attached hydrogen (secondary N) is 1. The van der Waals surface area contributed by atoms with Crippen molar-refractivity contribution in [3.8, 4) is 0 Å². The molecule has 0 amide bonds. The summed E-state index contributed by atoms with van der Waals surface area (Å²) in [5.41, 5.74) is 0. The van der Waals surface area contributed by atoms with Crippen molar-refractivity contribution in [2.75, 3.05) is 6.54 Å². The molecular weight excluding hydrogens is 198 g/mol. The monoisotopic (exact) mass is 217 g/mol. The first kappa shape index (κ1) is 13.4. The second kappa shape index (κ2) is 8.94. The fraction of sp³-hybridized carbons (Fsp3) is 0.800. The molecule has 82 valence electrons. The van der Waals surface area contributed by atoms with Gasteiger partial charge >= 0.3 is 5.97 Å². The molecule has 0 radical (unpaired) electrons. The van der Waals surface area contributed by atoms with Gasteiger partial charge in [-0.25, -0.2) is 0 Å². The van der Waals surface area contributed by atoms with E-state index in [1.807, 2.05) is 0 Å². The zero-order valence-corrected chi connectivity index (χ0v) is 9.53. The first-order valence-electron chi connectivity index (χ1n) is 5.15. The summed E-state index contributed by atoms with van der Waals surface area (Å²) in [7, 11) is 0. The van der Waals surface area contributed by atoms with Crippen LogP contribution in [0.2, 0.25) is 0 Å². The van der Waals surface area contributed by atoms with Gasteiger partial charge in [-0.3, -0.25) is 4.79 Å². The van der Waals surface area contributed by atoms with E-state index in [0.29, 0.717) is 4.99 Å². The van der Waals surface area contributed by atoms with Crippen molar-refractivity contribution in [1.82, 2.24) is 5.32 Å². The van der Waals surface area contributed by atoms with Gasteiger partial charge in [0.1, 0.15) is 6.54 Å². The Balaban J connectivity index is 3.22. The normalized spacial score (nSPS) is 9.79. The minimum atomic E-state index is -0.863. The quantitative estimate of drug-likeness (QED) is 0.484. The Hall–Kier alpha value is -0.640. The van der Waals surface area contributed by atoms with Crippen molar-refractivity contribution in [2.24, 2.45) is 0 Å². The standard InChI is InChI=1S/C10H19NO2S/c1-2-3-4-5-6-7-9(14)11-8-10(12)13/h2-8H2,1H3,(H,11,14)(H,12,13). The SMILES string of the molecule is CCCCCCCC(=S)NCC(=O)O. The molecule has 0 aliphatic carbocycles. The van der Waals surface area contributed by atoms with Gasteiger partial charge in [-0.15, -0.1) is 0 Å². The molecule has 3 nitrogen and oxygen atoms in total. The average molecular weight is 217 g/mol. The third-order valence-corrected chi connectivity index (χ3v) is 2.29. The number of carboxylic acid groups (broad SMARTS) is 1. The van der Waals surface area contributed by atoms with Crippen LogP contribution in [0.4, 0.5) is 0 Å². The summed E-state index contributed by atoms with van der Waals surface area (Å²) in [6, 6.07) is 0. The summed E-state index contributed by atoms with van der Waals surface area (Å²) in [4.78, 5) is 10.9. The van der Waals surface area contributed by atoms with Crippen LogP contribution in [-0.2, 0) is 4.79 Å². The van der Waals surface area contributed by atoms with Gasteiger partial charge in [-0.05, 0) is 12.8 Å². The van der Waals surface area contributed by atoms with Crippen molar-refractivity contribution < 1.29 is 9.90 Å². The predicted octanol–water partition coefficient (Wildman–Crippen LogP) is 2.35. The Bertz CT molecular complexity index is 183. The van der Waals surface area contributed by atoms with Crippen LogP contribution in [-0.4, -0.2) is 22.6 Å². The van der Waals surface area contributed by atoms with Crippen LogP contribution in [0.1, 0.15) is 45.4 Å². The first-order valence-corrected chi connectivity index (χ1v) is 5.56. The number of aliphatic carboxylic acids is 1. The highest BCUT2D eigenvalue weighted by molar-refractivity contribution is 7.80. The van der Waals surface area contributed by atoms with Crippen molar-refractivity contribution in [2.45, 2.75) is 45.4 Å². The average Bonchev–Trinajstić information content (AvgIpc) is 2.14. The highest BCUT2D eigenvalue weighted by atomic mass is 32.1. The van der Waals surface area contributed by atoms with Gasteiger partial charge in [0.05, 0.1) is 4.99 Å². The van der Waals surface area contributed by atoms with Crippen molar-refractivity contribution in [3.05, 3.63) is 0 Å². The van der Waals surface area contributed by atoms with Crippen LogP contribution in [0.3, 0.4) is 0 Å². The van der Waals surface area contributed by atoms with E-state index >= 15 is 0 Å². The number of unbranched alkanes of at least 4 members (excludes halogenated alkanes) is 4. The summed E-state index contributed by atoms with van der Waals surface area (Å²) in [5, 5.41) is 11.1. The van der Waals surface area contributed by atoms with Crippen LogP contribution in [0.15, 0.2) is 0 Å². The Morgan fingerprint density at radius 1 is 1.29 bits per heavy atom. The van der Waals surface area contributed by atoms with Gasteiger partial charge in [0.25, 0.3) is 0 Å². The molecule has 0 aromatic rings. The van der Waals surface area contributed by atoms with Crippen LogP contribution >= 0.6 is 12.2 Å². The molecule has 0 atom stereocenters. The maximum absolute atomic E-state index is 10.2. The minimum absolute atomic E-state index is 0.0617. The lowest BCUT2D eigenvalue weighted by Gasteiger charge is -2.04. The van der Waals surface area contributed by atoms with Gasteiger partial charge in [0.2, 0.25) is 0 Å². The van der Waals surface area contributed by atoms with Crippen LogP contribution < -0.4 is 5.32 Å². The molecule has 0 spiro atoms. The molecule has 0 unspecified atom stereocenters. The third-order valence-electron chi connectivity index (χ3n) is 1.94. The van der Waals surface area contributed by atoms with E-state index < -0.39 is 5.97 Å². The lowest BCUT2D eigenvalue weighted by atomic mass is 10.1. The third kappa shape index (κ3) is 9.45. The van der Waals surface area contributed by atoms with E-state index in [1.54, 1.807) is 0 Å². The molecule has 0 rings (SSSR count). The molecule has 0 heterocycles. The van der Waals surface area contributed by atoms with E-state index in [1.165, 1.54) is 25.7 Å². The maximum Gasteiger partial charge on any atom is 0.322 e. The fourth-order valence-corrected chi connectivity index (χ4v) is 1.37. The van der Waals surface area contributed by atoms with Crippen LogP contribution in [0.5, 0.6) is 0 Å². The van der Waals surface area contributed by atoms with Crippen molar-refractivity contribution in [3.63, 3.8) is 0 Å². The molecule has 14 heavy (non-hydrogen) atoms. The van der Waals surface area contributed by atoms with E-state index in [-0.39, 0.29) is 6.54 Å². The Labute approximate surface area is 90.9 Å². The van der Waals surface area contributed by atoms with Gasteiger partial charge in [-0.2, -0.15) is 0 Å². The van der Waals surface area contributed by atoms with Crippen LogP contribution in [0.25, 0.3) is 0 Å². The Morgan fingerprint density at radius 2 is 1.93 bits per heavy atom. The smallest absolute Gasteiger partial charge is 0.322 e. The molecule has 0 saturated carbocycles. The lowest BCUT2D eigenvalue weighted by molar-refractivity contribution is -0.135. The number of hydrogen-bond acceptors (Lipinski definition) is 2. The molecule has 0 aliphatic heterocycles. The van der Waals surface area contributed by atoms with Gasteiger partial charge < -0.3 is 10.4 Å². The van der Waals surface area contributed by atoms with E-state index in [0.717, 1.165) is 12.8 Å². The summed E-state index contributed by atoms with van der Waals surface area (Å²) < 4.78 is 0. The number of thiocarbonyl (C=S) groups is 1. The van der Waals surface area contributed by atoms with Crippen LogP contribution in [0, 0.1) is 0 Å². The summed E-state index contributed by atoms with van der Waals surface area (Å²) >= 11 is 4.98.